The van der Waals surface area contributed by atoms with Crippen LogP contribution in [0.4, 0.5) is 0 Å². The first-order valence-electron chi connectivity index (χ1n) is 5.18. The van der Waals surface area contributed by atoms with Crippen molar-refractivity contribution in [3.63, 3.8) is 0 Å². The maximum Gasteiger partial charge on any atom is 0.325 e. The quantitative estimate of drug-likeness (QED) is 0.630. The molecule has 0 aliphatic rings. The zero-order valence-corrected chi connectivity index (χ0v) is 11.2. The molecule has 1 unspecified atom stereocenters. The molecule has 0 fully saturated rings. The summed E-state index contributed by atoms with van der Waals surface area (Å²) in [6.07, 6.45) is 0.619. The van der Waals surface area contributed by atoms with Crippen molar-refractivity contribution < 1.29 is 9.53 Å². The first-order valence-corrected chi connectivity index (χ1v) is 7.05. The van der Waals surface area contributed by atoms with Crippen LogP contribution in [0.5, 0.6) is 0 Å². The van der Waals surface area contributed by atoms with E-state index < -0.39 is 5.54 Å². The van der Waals surface area contributed by atoms with E-state index in [-0.39, 0.29) is 5.97 Å². The molecule has 0 bridgehead atoms. The number of hydrogen-bond acceptors (Lipinski definition) is 5. The van der Waals surface area contributed by atoms with Crippen molar-refractivity contribution in [3.8, 4) is 0 Å². The Bertz CT molecular complexity index is 323. The lowest BCUT2D eigenvalue weighted by atomic mass is 10.0. The summed E-state index contributed by atoms with van der Waals surface area (Å²) in [5.41, 5.74) is 5.03. The summed E-state index contributed by atoms with van der Waals surface area (Å²) in [5.74, 6) is 0.508. The Morgan fingerprint density at radius 2 is 2.44 bits per heavy atom. The van der Waals surface area contributed by atoms with Gasteiger partial charge in [-0.15, -0.1) is 23.1 Å². The van der Waals surface area contributed by atoms with Crippen LogP contribution >= 0.6 is 23.1 Å². The van der Waals surface area contributed by atoms with Crippen molar-refractivity contribution in [2.24, 2.45) is 5.73 Å². The smallest absolute Gasteiger partial charge is 0.325 e. The maximum atomic E-state index is 11.5. The van der Waals surface area contributed by atoms with Gasteiger partial charge in [0.2, 0.25) is 0 Å². The molecule has 3 nitrogen and oxygen atoms in total. The number of ether oxygens (including phenoxy) is 1. The molecule has 0 aliphatic carbocycles. The molecule has 0 radical (unpaired) electrons. The van der Waals surface area contributed by atoms with Crippen molar-refractivity contribution in [2.75, 3.05) is 12.4 Å². The zero-order valence-electron chi connectivity index (χ0n) is 9.56. The Morgan fingerprint density at radius 3 is 3.00 bits per heavy atom. The fourth-order valence-electron chi connectivity index (χ4n) is 1.11. The average Bonchev–Trinajstić information content (AvgIpc) is 2.70. The van der Waals surface area contributed by atoms with Crippen LogP contribution in [0.1, 0.15) is 20.3 Å². The van der Waals surface area contributed by atoms with Gasteiger partial charge in [-0.05, 0) is 31.7 Å². The van der Waals surface area contributed by atoms with Gasteiger partial charge in [0, 0.05) is 5.75 Å². The Kier molecular flexibility index (Phi) is 5.31. The van der Waals surface area contributed by atoms with Crippen LogP contribution in [0.25, 0.3) is 0 Å². The van der Waals surface area contributed by atoms with Crippen molar-refractivity contribution in [2.45, 2.75) is 30.0 Å². The summed E-state index contributed by atoms with van der Waals surface area (Å²) in [4.78, 5) is 11.5. The molecule has 2 N–H and O–H groups in total. The zero-order chi connectivity index (χ0) is 12.0. The van der Waals surface area contributed by atoms with Crippen molar-refractivity contribution in [3.05, 3.63) is 17.5 Å². The number of nitrogens with two attached hydrogens (primary N) is 1. The predicted molar refractivity (Wildman–Crippen MR) is 68.9 cm³/mol. The molecule has 0 aliphatic heterocycles. The third-order valence-electron chi connectivity index (χ3n) is 2.10. The minimum Gasteiger partial charge on any atom is -0.465 e. The van der Waals surface area contributed by atoms with E-state index in [1.54, 1.807) is 36.9 Å². The van der Waals surface area contributed by atoms with E-state index in [2.05, 4.69) is 6.07 Å². The second kappa shape index (κ2) is 6.27. The van der Waals surface area contributed by atoms with Gasteiger partial charge in [0.05, 0.1) is 10.8 Å². The first kappa shape index (κ1) is 13.5. The molecule has 0 amide bonds. The minimum absolute atomic E-state index is 0.318. The Labute approximate surface area is 104 Å². The molecular weight excluding hydrogens is 242 g/mol. The highest BCUT2D eigenvalue weighted by Gasteiger charge is 2.29. The summed E-state index contributed by atoms with van der Waals surface area (Å²) >= 11 is 3.42. The van der Waals surface area contributed by atoms with Gasteiger partial charge in [-0.1, -0.05) is 6.07 Å². The van der Waals surface area contributed by atoms with Gasteiger partial charge in [0.15, 0.2) is 0 Å². The van der Waals surface area contributed by atoms with E-state index >= 15 is 0 Å². The summed E-state index contributed by atoms with van der Waals surface area (Å²) in [5, 5.41) is 2.04. The van der Waals surface area contributed by atoms with Crippen LogP contribution in [0.15, 0.2) is 21.7 Å². The van der Waals surface area contributed by atoms with Crippen molar-refractivity contribution in [1.29, 1.82) is 0 Å². The lowest BCUT2D eigenvalue weighted by molar-refractivity contribution is -0.149. The predicted octanol–water partition coefficient (Wildman–Crippen LogP) is 2.51. The van der Waals surface area contributed by atoms with Gasteiger partial charge >= 0.3 is 5.97 Å². The summed E-state index contributed by atoms with van der Waals surface area (Å²) in [6, 6.07) is 4.08. The summed E-state index contributed by atoms with van der Waals surface area (Å²) in [6.45, 7) is 3.89. The molecular formula is C11H17NO2S2. The number of rotatable bonds is 6. The Morgan fingerprint density at radius 1 is 1.69 bits per heavy atom. The van der Waals surface area contributed by atoms with E-state index in [1.807, 2.05) is 11.4 Å². The van der Waals surface area contributed by atoms with Gasteiger partial charge in [-0.2, -0.15) is 0 Å². The number of carbonyl (C=O) groups is 1. The Hall–Kier alpha value is -0.520. The van der Waals surface area contributed by atoms with Crippen LogP contribution in [0.3, 0.4) is 0 Å². The number of esters is 1. The highest BCUT2D eigenvalue weighted by atomic mass is 32.2. The minimum atomic E-state index is -0.875. The van der Waals surface area contributed by atoms with Crippen molar-refractivity contribution >= 4 is 29.1 Å². The molecule has 0 saturated carbocycles. The normalized spacial score (nSPS) is 14.4. The fraction of sp³-hybridized carbons (Fsp3) is 0.545. The number of carbonyl (C=O) groups excluding carboxylic acids is 1. The lowest BCUT2D eigenvalue weighted by Gasteiger charge is -2.21. The standard InChI is InChI=1S/C11H17NO2S2/c1-3-14-10(13)11(2,12)6-8-16-9-5-4-7-15-9/h4-5,7H,3,6,8,12H2,1-2H3. The highest BCUT2D eigenvalue weighted by Crippen LogP contribution is 2.25. The fourth-order valence-corrected chi connectivity index (χ4v) is 3.15. The molecule has 1 aromatic heterocycles. The van der Waals surface area contributed by atoms with E-state index in [1.165, 1.54) is 4.21 Å². The highest BCUT2D eigenvalue weighted by molar-refractivity contribution is 8.01. The van der Waals surface area contributed by atoms with Crippen LogP contribution < -0.4 is 5.73 Å². The SMILES string of the molecule is CCOC(=O)C(C)(N)CCSc1cccs1. The largest absolute Gasteiger partial charge is 0.465 e. The van der Waals surface area contributed by atoms with E-state index in [0.717, 1.165) is 5.75 Å². The molecule has 1 heterocycles. The third kappa shape index (κ3) is 4.15. The van der Waals surface area contributed by atoms with Gasteiger partial charge in [-0.25, -0.2) is 0 Å². The van der Waals surface area contributed by atoms with Gasteiger partial charge in [-0.3, -0.25) is 4.79 Å². The van der Waals surface area contributed by atoms with Crippen LogP contribution in [-0.4, -0.2) is 23.9 Å². The van der Waals surface area contributed by atoms with Crippen LogP contribution in [0.2, 0.25) is 0 Å². The van der Waals surface area contributed by atoms with E-state index in [9.17, 15) is 4.79 Å². The monoisotopic (exact) mass is 259 g/mol. The lowest BCUT2D eigenvalue weighted by Crippen LogP contribution is -2.46. The number of thioether (sulfide) groups is 1. The molecule has 16 heavy (non-hydrogen) atoms. The maximum absolute atomic E-state index is 11.5. The van der Waals surface area contributed by atoms with Gasteiger partial charge < -0.3 is 10.5 Å². The van der Waals surface area contributed by atoms with Crippen molar-refractivity contribution in [1.82, 2.24) is 0 Å². The topological polar surface area (TPSA) is 52.3 Å². The Balaban J connectivity index is 2.33. The van der Waals surface area contributed by atoms with Crippen LogP contribution in [-0.2, 0) is 9.53 Å². The number of hydrogen-bond donors (Lipinski definition) is 1. The molecule has 5 heteroatoms. The van der Waals surface area contributed by atoms with Gasteiger partial charge in [0.1, 0.15) is 5.54 Å². The molecule has 0 saturated heterocycles. The molecule has 0 spiro atoms. The third-order valence-corrected chi connectivity index (χ3v) is 4.24. The number of thiophene rings is 1. The second-order valence-electron chi connectivity index (χ2n) is 3.67. The van der Waals surface area contributed by atoms with Crippen LogP contribution in [0, 0.1) is 0 Å². The average molecular weight is 259 g/mol. The first-order chi connectivity index (χ1) is 7.56. The summed E-state index contributed by atoms with van der Waals surface area (Å²) < 4.78 is 6.17. The van der Waals surface area contributed by atoms with E-state index in [4.69, 9.17) is 10.5 Å². The second-order valence-corrected chi connectivity index (χ2v) is 6.01. The summed E-state index contributed by atoms with van der Waals surface area (Å²) in [7, 11) is 0. The molecule has 1 aromatic rings. The van der Waals surface area contributed by atoms with Gasteiger partial charge in [0.25, 0.3) is 0 Å². The molecule has 1 atom stereocenters. The van der Waals surface area contributed by atoms with E-state index in [0.29, 0.717) is 13.0 Å². The molecule has 0 aromatic carbocycles. The molecule has 1 rings (SSSR count). The molecule has 90 valence electrons.